The highest BCUT2D eigenvalue weighted by atomic mass is 16.7. The standard InChI is InChI=1S/C19H14N4O8/c1-2-12(10-21-17(24)15-5-3-4-6-16(15)18(21)25)20-31-19(26)11-7-13(22(27)28)9-14(8-11)23(29)30/h3-9H,2,10H2,1H3/b20-12-. The topological polar surface area (TPSA) is 162 Å². The maximum absolute atomic E-state index is 12.4. The van der Waals surface area contributed by atoms with E-state index in [0.29, 0.717) is 6.07 Å². The highest BCUT2D eigenvalue weighted by Gasteiger charge is 2.35. The van der Waals surface area contributed by atoms with E-state index in [-0.39, 0.29) is 29.8 Å². The van der Waals surface area contributed by atoms with Gasteiger partial charge >= 0.3 is 5.97 Å². The molecule has 31 heavy (non-hydrogen) atoms. The zero-order valence-corrected chi connectivity index (χ0v) is 16.0. The molecule has 2 aromatic carbocycles. The predicted octanol–water partition coefficient (Wildman–Crippen LogP) is 2.72. The molecule has 2 aromatic rings. The number of carbonyl (C=O) groups excluding carboxylic acids is 3. The van der Waals surface area contributed by atoms with Gasteiger partial charge in [0.25, 0.3) is 23.2 Å². The summed E-state index contributed by atoms with van der Waals surface area (Å²) in [5.41, 5.74) is -1.09. The van der Waals surface area contributed by atoms with Crippen LogP contribution in [0.5, 0.6) is 0 Å². The molecular weight excluding hydrogens is 412 g/mol. The van der Waals surface area contributed by atoms with Gasteiger partial charge in [-0.25, -0.2) is 4.79 Å². The first-order valence-corrected chi connectivity index (χ1v) is 8.89. The maximum Gasteiger partial charge on any atom is 0.366 e. The van der Waals surface area contributed by atoms with Crippen LogP contribution in [0, 0.1) is 20.2 Å². The van der Waals surface area contributed by atoms with Gasteiger partial charge in [0.05, 0.1) is 44.9 Å². The molecule has 0 aromatic heterocycles. The van der Waals surface area contributed by atoms with Crippen molar-refractivity contribution in [3.63, 3.8) is 0 Å². The highest BCUT2D eigenvalue weighted by molar-refractivity contribution is 6.22. The number of benzene rings is 2. The number of hydrogen-bond acceptors (Lipinski definition) is 9. The van der Waals surface area contributed by atoms with E-state index in [0.717, 1.165) is 17.0 Å². The Morgan fingerprint density at radius 2 is 1.52 bits per heavy atom. The van der Waals surface area contributed by atoms with Crippen molar-refractivity contribution >= 4 is 34.9 Å². The van der Waals surface area contributed by atoms with Crippen molar-refractivity contribution in [2.45, 2.75) is 13.3 Å². The van der Waals surface area contributed by atoms with Crippen LogP contribution in [0.4, 0.5) is 11.4 Å². The summed E-state index contributed by atoms with van der Waals surface area (Å²) >= 11 is 0. The molecule has 0 atom stereocenters. The third-order valence-corrected chi connectivity index (χ3v) is 4.44. The van der Waals surface area contributed by atoms with E-state index >= 15 is 0 Å². The summed E-state index contributed by atoms with van der Waals surface area (Å²) in [6.07, 6.45) is 0.218. The quantitative estimate of drug-likeness (QED) is 0.214. The minimum atomic E-state index is -1.17. The Hall–Kier alpha value is -4.48. The monoisotopic (exact) mass is 426 g/mol. The normalized spacial score (nSPS) is 13.2. The van der Waals surface area contributed by atoms with Gasteiger partial charge in [0, 0.05) is 12.1 Å². The largest absolute Gasteiger partial charge is 0.366 e. The third-order valence-electron chi connectivity index (χ3n) is 4.44. The van der Waals surface area contributed by atoms with Crippen LogP contribution in [0.1, 0.15) is 44.4 Å². The van der Waals surface area contributed by atoms with Gasteiger partial charge in [-0.15, -0.1) is 0 Å². The Labute approximate surface area is 174 Å². The Bertz CT molecular complexity index is 1090. The summed E-state index contributed by atoms with van der Waals surface area (Å²) in [7, 11) is 0. The molecule has 0 saturated heterocycles. The summed E-state index contributed by atoms with van der Waals surface area (Å²) in [4.78, 5) is 63.0. The lowest BCUT2D eigenvalue weighted by Crippen LogP contribution is -2.34. The van der Waals surface area contributed by atoms with E-state index in [2.05, 4.69) is 5.16 Å². The minimum absolute atomic E-state index is 0.169. The molecule has 3 rings (SSSR count). The SMILES string of the molecule is CC/C(CN1C(=O)c2ccccc2C1=O)=N/OC(=O)c1cc([N+](=O)[O-])cc([N+](=O)[O-])c1. The molecule has 0 fully saturated rings. The predicted molar refractivity (Wildman–Crippen MR) is 105 cm³/mol. The molecule has 0 unspecified atom stereocenters. The molecular formula is C19H14N4O8. The van der Waals surface area contributed by atoms with Crippen LogP contribution in [-0.4, -0.2) is 44.8 Å². The zero-order chi connectivity index (χ0) is 22.7. The lowest BCUT2D eigenvalue weighted by atomic mass is 10.1. The molecule has 0 bridgehead atoms. The van der Waals surface area contributed by atoms with E-state index in [1.165, 1.54) is 12.1 Å². The average Bonchev–Trinajstić information content (AvgIpc) is 3.00. The van der Waals surface area contributed by atoms with Gasteiger partial charge in [-0.05, 0) is 18.6 Å². The molecule has 158 valence electrons. The number of oxime groups is 1. The lowest BCUT2D eigenvalue weighted by Gasteiger charge is -2.14. The fourth-order valence-corrected chi connectivity index (χ4v) is 2.85. The van der Waals surface area contributed by atoms with Crippen molar-refractivity contribution in [1.29, 1.82) is 0 Å². The van der Waals surface area contributed by atoms with Crippen LogP contribution in [0.15, 0.2) is 47.6 Å². The summed E-state index contributed by atoms with van der Waals surface area (Å²) < 4.78 is 0. The molecule has 1 aliphatic rings. The van der Waals surface area contributed by atoms with Gasteiger partial charge in [0.2, 0.25) is 0 Å². The third kappa shape index (κ3) is 4.27. The second kappa shape index (κ2) is 8.49. The summed E-state index contributed by atoms with van der Waals surface area (Å²) in [5, 5.41) is 25.5. The van der Waals surface area contributed by atoms with Gasteiger partial charge in [-0.3, -0.25) is 34.7 Å². The fraction of sp³-hybridized carbons (Fsp3) is 0.158. The van der Waals surface area contributed by atoms with Crippen molar-refractivity contribution in [1.82, 2.24) is 4.90 Å². The first-order valence-electron chi connectivity index (χ1n) is 8.89. The molecule has 0 radical (unpaired) electrons. The first kappa shape index (κ1) is 21.2. The number of hydrogen-bond donors (Lipinski definition) is 0. The van der Waals surface area contributed by atoms with Gasteiger partial charge in [0.1, 0.15) is 0 Å². The average molecular weight is 426 g/mol. The van der Waals surface area contributed by atoms with Crippen molar-refractivity contribution in [2.75, 3.05) is 6.54 Å². The van der Waals surface area contributed by atoms with E-state index in [9.17, 15) is 34.6 Å². The first-order chi connectivity index (χ1) is 14.7. The van der Waals surface area contributed by atoms with Crippen LogP contribution in [0.2, 0.25) is 0 Å². The van der Waals surface area contributed by atoms with Crippen molar-refractivity contribution in [2.24, 2.45) is 5.16 Å². The fourth-order valence-electron chi connectivity index (χ4n) is 2.85. The van der Waals surface area contributed by atoms with Gasteiger partial charge in [-0.2, -0.15) is 0 Å². The molecule has 0 N–H and O–H groups in total. The Morgan fingerprint density at radius 1 is 1.00 bits per heavy atom. The number of fused-ring (bicyclic) bond motifs is 1. The smallest absolute Gasteiger partial charge is 0.313 e. The number of nitro groups is 2. The Kier molecular flexibility index (Phi) is 5.81. The second-order valence-corrected chi connectivity index (χ2v) is 6.38. The van der Waals surface area contributed by atoms with Gasteiger partial charge in [-0.1, -0.05) is 24.2 Å². The summed E-state index contributed by atoms with van der Waals surface area (Å²) in [6, 6.07) is 8.65. The highest BCUT2D eigenvalue weighted by Crippen LogP contribution is 2.24. The van der Waals surface area contributed by atoms with Crippen molar-refractivity contribution in [3.05, 3.63) is 79.4 Å². The molecule has 1 aliphatic heterocycles. The van der Waals surface area contributed by atoms with E-state index in [1.54, 1.807) is 19.1 Å². The number of imide groups is 1. The number of amides is 2. The summed E-state index contributed by atoms with van der Waals surface area (Å²) in [6.45, 7) is 1.42. The molecule has 12 heteroatoms. The molecule has 0 spiro atoms. The lowest BCUT2D eigenvalue weighted by molar-refractivity contribution is -0.394. The Morgan fingerprint density at radius 3 is 1.97 bits per heavy atom. The number of nitro benzene ring substituents is 2. The molecule has 1 heterocycles. The molecule has 2 amide bonds. The van der Waals surface area contributed by atoms with Crippen LogP contribution in [0.3, 0.4) is 0 Å². The van der Waals surface area contributed by atoms with Gasteiger partial charge in [0.15, 0.2) is 0 Å². The number of rotatable bonds is 7. The number of nitrogens with zero attached hydrogens (tertiary/aromatic N) is 4. The second-order valence-electron chi connectivity index (χ2n) is 6.38. The van der Waals surface area contributed by atoms with Crippen LogP contribution in [0.25, 0.3) is 0 Å². The zero-order valence-electron chi connectivity index (χ0n) is 16.0. The van der Waals surface area contributed by atoms with E-state index < -0.39 is 44.6 Å². The van der Waals surface area contributed by atoms with Crippen LogP contribution >= 0.6 is 0 Å². The Balaban J connectivity index is 1.78. The van der Waals surface area contributed by atoms with Crippen molar-refractivity contribution in [3.8, 4) is 0 Å². The maximum atomic E-state index is 12.4. The number of carbonyl (C=O) groups is 3. The molecule has 12 nitrogen and oxygen atoms in total. The summed E-state index contributed by atoms with van der Waals surface area (Å²) in [5.74, 6) is -2.19. The van der Waals surface area contributed by atoms with Crippen LogP contribution < -0.4 is 0 Å². The van der Waals surface area contributed by atoms with E-state index in [4.69, 9.17) is 4.84 Å². The van der Waals surface area contributed by atoms with Crippen LogP contribution in [-0.2, 0) is 4.84 Å². The minimum Gasteiger partial charge on any atom is -0.313 e. The van der Waals surface area contributed by atoms with E-state index in [1.807, 2.05) is 0 Å². The van der Waals surface area contributed by atoms with Gasteiger partial charge < -0.3 is 4.84 Å². The number of non-ortho nitro benzene ring substituents is 2. The van der Waals surface area contributed by atoms with Crippen molar-refractivity contribution < 1.29 is 29.1 Å². The molecule has 0 aliphatic carbocycles. The molecule has 0 saturated carbocycles.